The lowest BCUT2D eigenvalue weighted by Gasteiger charge is -2.27. The molecule has 0 saturated carbocycles. The molecule has 1 aliphatic heterocycles. The minimum Gasteiger partial charge on any atom is -0.491 e. The molecule has 26 heavy (non-hydrogen) atoms. The van der Waals surface area contributed by atoms with Crippen LogP contribution in [0.4, 0.5) is 0 Å². The summed E-state index contributed by atoms with van der Waals surface area (Å²) in [6.45, 7) is 5.16. The van der Waals surface area contributed by atoms with Gasteiger partial charge in [0.25, 0.3) is 0 Å². The van der Waals surface area contributed by atoms with E-state index in [0.717, 1.165) is 11.3 Å². The van der Waals surface area contributed by atoms with Gasteiger partial charge in [0.05, 0.1) is 17.0 Å². The minimum absolute atomic E-state index is 0.191. The van der Waals surface area contributed by atoms with Crippen LogP contribution in [0, 0.1) is 0 Å². The Balaban J connectivity index is 1.65. The number of hydrogen-bond acceptors (Lipinski definition) is 3. The fraction of sp³-hybridized carbons (Fsp3) is 0.400. The Morgan fingerprint density at radius 3 is 2.54 bits per heavy atom. The highest BCUT2D eigenvalue weighted by molar-refractivity contribution is 9.09. The van der Waals surface area contributed by atoms with Crippen LogP contribution in [-0.4, -0.2) is 24.6 Å². The summed E-state index contributed by atoms with van der Waals surface area (Å²) < 4.78 is 18.0. The maximum Gasteiger partial charge on any atom is 0.206 e. The van der Waals surface area contributed by atoms with Crippen molar-refractivity contribution in [3.05, 3.63) is 63.6 Å². The van der Waals surface area contributed by atoms with E-state index in [1.807, 2.05) is 18.2 Å². The minimum atomic E-state index is -0.933. The molecule has 2 atom stereocenters. The SMILES string of the molecule is CC(C)c1ccc(OCC2COC(CBr)(c3ccc(Cl)cc3Cl)O2)cc1. The molecule has 3 nitrogen and oxygen atoms in total. The van der Waals surface area contributed by atoms with Gasteiger partial charge in [0, 0.05) is 10.6 Å². The molecule has 1 fully saturated rings. The quantitative estimate of drug-likeness (QED) is 0.484. The lowest BCUT2D eigenvalue weighted by molar-refractivity contribution is -0.159. The lowest BCUT2D eigenvalue weighted by atomic mass is 10.0. The second-order valence-corrected chi connectivity index (χ2v) is 8.00. The summed E-state index contributed by atoms with van der Waals surface area (Å²) in [6.07, 6.45) is -0.191. The molecule has 1 aliphatic rings. The molecule has 0 bridgehead atoms. The molecule has 0 amide bonds. The second-order valence-electron chi connectivity index (χ2n) is 6.60. The van der Waals surface area contributed by atoms with Crippen molar-refractivity contribution in [1.82, 2.24) is 0 Å². The van der Waals surface area contributed by atoms with Crippen molar-refractivity contribution in [3.8, 4) is 5.75 Å². The van der Waals surface area contributed by atoms with Crippen molar-refractivity contribution >= 4 is 39.1 Å². The van der Waals surface area contributed by atoms with Crippen LogP contribution in [0.5, 0.6) is 5.75 Å². The van der Waals surface area contributed by atoms with Crippen molar-refractivity contribution in [2.24, 2.45) is 0 Å². The molecule has 2 aromatic rings. The first-order valence-corrected chi connectivity index (χ1v) is 10.4. The Morgan fingerprint density at radius 1 is 1.19 bits per heavy atom. The van der Waals surface area contributed by atoms with Crippen LogP contribution in [0.2, 0.25) is 10.0 Å². The first-order valence-electron chi connectivity index (χ1n) is 8.49. The van der Waals surface area contributed by atoms with Crippen molar-refractivity contribution in [3.63, 3.8) is 0 Å². The monoisotopic (exact) mass is 458 g/mol. The standard InChI is InChI=1S/C20H21BrCl2O3/c1-13(2)14-3-6-16(7-4-14)24-10-17-11-25-20(12-21,26-17)18-8-5-15(22)9-19(18)23/h3-9,13,17H,10-12H2,1-2H3. The predicted octanol–water partition coefficient (Wildman–Crippen LogP) is 6.16. The van der Waals surface area contributed by atoms with Crippen molar-refractivity contribution in [1.29, 1.82) is 0 Å². The zero-order valence-corrected chi connectivity index (χ0v) is 17.8. The predicted molar refractivity (Wildman–Crippen MR) is 109 cm³/mol. The number of halogens is 3. The summed E-state index contributed by atoms with van der Waals surface area (Å²) in [5.41, 5.74) is 2.04. The number of hydrogen-bond donors (Lipinski definition) is 0. The average molecular weight is 460 g/mol. The van der Waals surface area contributed by atoms with Crippen LogP contribution in [0.25, 0.3) is 0 Å². The van der Waals surface area contributed by atoms with Crippen LogP contribution in [-0.2, 0) is 15.3 Å². The largest absolute Gasteiger partial charge is 0.491 e. The van der Waals surface area contributed by atoms with Gasteiger partial charge in [-0.3, -0.25) is 0 Å². The number of rotatable bonds is 6. The number of ether oxygens (including phenoxy) is 3. The van der Waals surface area contributed by atoms with Gasteiger partial charge < -0.3 is 14.2 Å². The number of benzene rings is 2. The van der Waals surface area contributed by atoms with Crippen LogP contribution in [0.3, 0.4) is 0 Å². The molecule has 0 radical (unpaired) electrons. The molecule has 0 aliphatic carbocycles. The lowest BCUT2D eigenvalue weighted by Crippen LogP contribution is -2.31. The molecule has 2 unspecified atom stereocenters. The van der Waals surface area contributed by atoms with Gasteiger partial charge in [-0.1, -0.05) is 71.2 Å². The molecule has 3 rings (SSSR count). The molecular weight excluding hydrogens is 439 g/mol. The summed E-state index contributed by atoms with van der Waals surface area (Å²) >= 11 is 15.8. The van der Waals surface area contributed by atoms with Crippen LogP contribution in [0.15, 0.2) is 42.5 Å². The normalized spacial score (nSPS) is 22.8. The third-order valence-corrected chi connectivity index (χ3v) is 5.65. The summed E-state index contributed by atoms with van der Waals surface area (Å²) in [6, 6.07) is 13.4. The fourth-order valence-corrected chi connectivity index (χ4v) is 4.02. The van der Waals surface area contributed by atoms with E-state index >= 15 is 0 Å². The molecule has 0 N–H and O–H groups in total. The molecule has 6 heteroatoms. The van der Waals surface area contributed by atoms with Gasteiger partial charge in [0.15, 0.2) is 0 Å². The summed E-state index contributed by atoms with van der Waals surface area (Å²) in [7, 11) is 0. The summed E-state index contributed by atoms with van der Waals surface area (Å²) in [4.78, 5) is 0. The Labute approximate surface area is 172 Å². The van der Waals surface area contributed by atoms with Gasteiger partial charge in [0.1, 0.15) is 18.5 Å². The highest BCUT2D eigenvalue weighted by atomic mass is 79.9. The Kier molecular flexibility index (Phi) is 6.52. The van der Waals surface area contributed by atoms with E-state index in [0.29, 0.717) is 34.5 Å². The van der Waals surface area contributed by atoms with Crippen molar-refractivity contribution in [2.45, 2.75) is 31.7 Å². The van der Waals surface area contributed by atoms with Gasteiger partial charge in [-0.05, 0) is 35.7 Å². The van der Waals surface area contributed by atoms with Gasteiger partial charge in [-0.15, -0.1) is 0 Å². The van der Waals surface area contributed by atoms with E-state index in [4.69, 9.17) is 37.4 Å². The zero-order chi connectivity index (χ0) is 18.7. The third-order valence-electron chi connectivity index (χ3n) is 4.36. The molecule has 1 heterocycles. The molecule has 1 saturated heterocycles. The van der Waals surface area contributed by atoms with E-state index in [1.54, 1.807) is 12.1 Å². The molecule has 0 spiro atoms. The molecule has 140 valence electrons. The van der Waals surface area contributed by atoms with E-state index in [1.165, 1.54) is 5.56 Å². The highest BCUT2D eigenvalue weighted by Gasteiger charge is 2.44. The first kappa shape index (κ1) is 20.0. The Hall–Kier alpha value is -0.780. The smallest absolute Gasteiger partial charge is 0.206 e. The first-order chi connectivity index (χ1) is 12.4. The van der Waals surface area contributed by atoms with E-state index in [2.05, 4.69) is 41.9 Å². The van der Waals surface area contributed by atoms with Crippen LogP contribution >= 0.6 is 39.1 Å². The van der Waals surface area contributed by atoms with Crippen LogP contribution < -0.4 is 4.74 Å². The van der Waals surface area contributed by atoms with Crippen molar-refractivity contribution in [2.75, 3.05) is 18.5 Å². The Bertz CT molecular complexity index is 751. The zero-order valence-electron chi connectivity index (χ0n) is 14.7. The fourth-order valence-electron chi connectivity index (χ4n) is 2.87. The van der Waals surface area contributed by atoms with Gasteiger partial charge in [-0.2, -0.15) is 0 Å². The van der Waals surface area contributed by atoms with Gasteiger partial charge >= 0.3 is 0 Å². The summed E-state index contributed by atoms with van der Waals surface area (Å²) in [5, 5.41) is 1.55. The topological polar surface area (TPSA) is 27.7 Å². The van der Waals surface area contributed by atoms with Gasteiger partial charge in [0.2, 0.25) is 5.79 Å². The van der Waals surface area contributed by atoms with Crippen molar-refractivity contribution < 1.29 is 14.2 Å². The molecule has 0 aromatic heterocycles. The Morgan fingerprint density at radius 2 is 1.92 bits per heavy atom. The average Bonchev–Trinajstić information content (AvgIpc) is 3.05. The van der Waals surface area contributed by atoms with E-state index in [-0.39, 0.29) is 6.10 Å². The summed E-state index contributed by atoms with van der Waals surface area (Å²) in [5.74, 6) is 0.384. The molecule has 2 aromatic carbocycles. The third kappa shape index (κ3) is 4.37. The van der Waals surface area contributed by atoms with E-state index in [9.17, 15) is 0 Å². The number of alkyl halides is 1. The second kappa shape index (κ2) is 8.49. The highest BCUT2D eigenvalue weighted by Crippen LogP contribution is 2.40. The van der Waals surface area contributed by atoms with E-state index < -0.39 is 5.79 Å². The maximum absolute atomic E-state index is 6.34. The van der Waals surface area contributed by atoms with Crippen LogP contribution in [0.1, 0.15) is 30.9 Å². The maximum atomic E-state index is 6.34. The molecular formula is C20H21BrCl2O3. The van der Waals surface area contributed by atoms with Gasteiger partial charge in [-0.25, -0.2) is 0 Å².